The van der Waals surface area contributed by atoms with Crippen molar-refractivity contribution in [2.45, 2.75) is 19.1 Å². The Balaban J connectivity index is 2.39. The number of hydrogen-bond acceptors (Lipinski definition) is 2. The zero-order valence-corrected chi connectivity index (χ0v) is 9.39. The van der Waals surface area contributed by atoms with Crippen LogP contribution >= 0.6 is 23.2 Å². The summed E-state index contributed by atoms with van der Waals surface area (Å²) in [7, 11) is 1.56. The van der Waals surface area contributed by atoms with Gasteiger partial charge in [-0.25, -0.2) is 0 Å². The Hall–Kier alpha value is -0.440. The highest BCUT2D eigenvalue weighted by Crippen LogP contribution is 2.45. The number of ether oxygens (including phenoxy) is 2. The van der Waals surface area contributed by atoms with Crippen LogP contribution in [0.1, 0.15) is 18.6 Å². The minimum absolute atomic E-state index is 0.0888. The minimum atomic E-state index is 0.0888. The second kappa shape index (κ2) is 3.61. The summed E-state index contributed by atoms with van der Waals surface area (Å²) in [5, 5.41) is 0.981. The maximum atomic E-state index is 6.09. The Labute approximate surface area is 92.7 Å². The fourth-order valence-electron chi connectivity index (χ4n) is 1.44. The molecule has 1 aromatic rings. The van der Waals surface area contributed by atoms with Crippen molar-refractivity contribution in [2.75, 3.05) is 7.11 Å². The molecule has 1 heterocycles. The normalized spacial score (nSPS) is 24.9. The van der Waals surface area contributed by atoms with E-state index in [0.717, 1.165) is 5.56 Å². The summed E-state index contributed by atoms with van der Waals surface area (Å²) in [6, 6.07) is 3.69. The van der Waals surface area contributed by atoms with Crippen LogP contribution < -0.4 is 4.74 Å². The van der Waals surface area contributed by atoms with E-state index in [-0.39, 0.29) is 12.2 Å². The molecule has 0 saturated carbocycles. The molecule has 0 aromatic heterocycles. The standard InChI is InChI=1S/C10H10Cl2O2/c1-5-10(14-5)6-3-4-7(13-2)9(12)8(6)11/h3-5,10H,1-2H3. The molecule has 14 heavy (non-hydrogen) atoms. The predicted molar refractivity (Wildman–Crippen MR) is 56.3 cm³/mol. The van der Waals surface area contributed by atoms with Gasteiger partial charge in [0.1, 0.15) is 16.9 Å². The molecule has 0 spiro atoms. The van der Waals surface area contributed by atoms with Gasteiger partial charge in [-0.3, -0.25) is 0 Å². The van der Waals surface area contributed by atoms with Crippen LogP contribution in [-0.4, -0.2) is 13.2 Å². The number of methoxy groups -OCH3 is 1. The van der Waals surface area contributed by atoms with E-state index in [9.17, 15) is 0 Å². The van der Waals surface area contributed by atoms with Gasteiger partial charge in [0.25, 0.3) is 0 Å². The van der Waals surface area contributed by atoms with E-state index < -0.39 is 0 Å². The van der Waals surface area contributed by atoms with Crippen molar-refractivity contribution in [1.29, 1.82) is 0 Å². The van der Waals surface area contributed by atoms with E-state index in [2.05, 4.69) is 0 Å². The molecule has 0 N–H and O–H groups in total. The Bertz CT molecular complexity index is 365. The van der Waals surface area contributed by atoms with E-state index in [1.54, 1.807) is 13.2 Å². The quantitative estimate of drug-likeness (QED) is 0.729. The molecule has 0 amide bonds. The first-order valence-electron chi connectivity index (χ1n) is 4.32. The molecule has 1 fully saturated rings. The van der Waals surface area contributed by atoms with Gasteiger partial charge in [-0.15, -0.1) is 0 Å². The zero-order valence-electron chi connectivity index (χ0n) is 7.88. The largest absolute Gasteiger partial charge is 0.495 e. The van der Waals surface area contributed by atoms with E-state index in [0.29, 0.717) is 15.8 Å². The highest BCUT2D eigenvalue weighted by Gasteiger charge is 2.37. The summed E-state index contributed by atoms with van der Waals surface area (Å²) in [6.07, 6.45) is 0.322. The van der Waals surface area contributed by atoms with Crippen LogP contribution in [0.25, 0.3) is 0 Å². The predicted octanol–water partition coefficient (Wildman–Crippen LogP) is 3.46. The molecule has 0 bridgehead atoms. The van der Waals surface area contributed by atoms with Gasteiger partial charge in [0, 0.05) is 5.56 Å². The maximum absolute atomic E-state index is 6.09. The molecule has 2 atom stereocenters. The summed E-state index contributed by atoms with van der Waals surface area (Å²) < 4.78 is 10.4. The Morgan fingerprint density at radius 1 is 1.29 bits per heavy atom. The fraction of sp³-hybridized carbons (Fsp3) is 0.400. The lowest BCUT2D eigenvalue weighted by atomic mass is 10.1. The van der Waals surface area contributed by atoms with Gasteiger partial charge in [-0.1, -0.05) is 29.3 Å². The summed E-state index contributed by atoms with van der Waals surface area (Å²) in [4.78, 5) is 0. The number of halogens is 2. The van der Waals surface area contributed by atoms with Crippen molar-refractivity contribution >= 4 is 23.2 Å². The molecular formula is C10H10Cl2O2. The van der Waals surface area contributed by atoms with Gasteiger partial charge in [-0.2, -0.15) is 0 Å². The molecule has 76 valence electrons. The number of rotatable bonds is 2. The summed E-state index contributed by atoms with van der Waals surface area (Å²) >= 11 is 12.1. The first-order chi connectivity index (χ1) is 6.65. The molecule has 0 aliphatic carbocycles. The second-order valence-corrected chi connectivity index (χ2v) is 4.00. The SMILES string of the molecule is COc1ccc(C2OC2C)c(Cl)c1Cl. The first kappa shape index (κ1) is 10.1. The summed E-state index contributed by atoms with van der Waals surface area (Å²) in [5.41, 5.74) is 0.935. The third-order valence-electron chi connectivity index (χ3n) is 2.31. The van der Waals surface area contributed by atoms with Crippen molar-refractivity contribution in [2.24, 2.45) is 0 Å². The van der Waals surface area contributed by atoms with Gasteiger partial charge in [0.2, 0.25) is 0 Å². The van der Waals surface area contributed by atoms with Crippen LogP contribution in [0.4, 0.5) is 0 Å². The number of hydrogen-bond donors (Lipinski definition) is 0. The Morgan fingerprint density at radius 2 is 1.93 bits per heavy atom. The third kappa shape index (κ3) is 1.58. The van der Waals surface area contributed by atoms with Crippen LogP contribution in [0.3, 0.4) is 0 Å². The highest BCUT2D eigenvalue weighted by molar-refractivity contribution is 6.43. The van der Waals surface area contributed by atoms with Crippen LogP contribution in [0, 0.1) is 0 Å². The average molecular weight is 233 g/mol. The molecule has 4 heteroatoms. The van der Waals surface area contributed by atoms with E-state index in [1.807, 2.05) is 13.0 Å². The number of epoxide rings is 1. The van der Waals surface area contributed by atoms with Crippen LogP contribution in [0.15, 0.2) is 12.1 Å². The molecule has 0 radical (unpaired) electrons. The lowest BCUT2D eigenvalue weighted by Crippen LogP contribution is -1.90. The smallest absolute Gasteiger partial charge is 0.139 e. The van der Waals surface area contributed by atoms with Gasteiger partial charge in [-0.05, 0) is 13.0 Å². The van der Waals surface area contributed by atoms with Crippen LogP contribution in [-0.2, 0) is 4.74 Å². The average Bonchev–Trinajstić information content (AvgIpc) is 2.87. The van der Waals surface area contributed by atoms with Gasteiger partial charge in [0.05, 0.1) is 18.2 Å². The molecule has 1 aliphatic rings. The molecule has 2 nitrogen and oxygen atoms in total. The van der Waals surface area contributed by atoms with Gasteiger partial charge in [0.15, 0.2) is 0 Å². The van der Waals surface area contributed by atoms with Crippen LogP contribution in [0.2, 0.25) is 10.0 Å². The molecular weight excluding hydrogens is 223 g/mol. The lowest BCUT2D eigenvalue weighted by Gasteiger charge is -2.07. The van der Waals surface area contributed by atoms with Crippen molar-refractivity contribution in [3.63, 3.8) is 0 Å². The zero-order chi connectivity index (χ0) is 10.3. The lowest BCUT2D eigenvalue weighted by molar-refractivity contribution is 0.382. The van der Waals surface area contributed by atoms with E-state index in [4.69, 9.17) is 32.7 Å². The monoisotopic (exact) mass is 232 g/mol. The molecule has 1 aromatic carbocycles. The fourth-order valence-corrected chi connectivity index (χ4v) is 1.95. The van der Waals surface area contributed by atoms with Gasteiger partial charge >= 0.3 is 0 Å². The second-order valence-electron chi connectivity index (χ2n) is 3.25. The van der Waals surface area contributed by atoms with Gasteiger partial charge < -0.3 is 9.47 Å². The Morgan fingerprint density at radius 3 is 2.43 bits per heavy atom. The Kier molecular flexibility index (Phi) is 2.60. The summed E-state index contributed by atoms with van der Waals surface area (Å²) in [5.74, 6) is 0.591. The molecule has 2 rings (SSSR count). The number of benzene rings is 1. The van der Waals surface area contributed by atoms with E-state index >= 15 is 0 Å². The van der Waals surface area contributed by atoms with Crippen molar-refractivity contribution in [3.05, 3.63) is 27.7 Å². The topological polar surface area (TPSA) is 21.8 Å². The summed E-state index contributed by atoms with van der Waals surface area (Å²) in [6.45, 7) is 2.00. The molecule has 1 saturated heterocycles. The molecule has 1 aliphatic heterocycles. The van der Waals surface area contributed by atoms with E-state index in [1.165, 1.54) is 0 Å². The first-order valence-corrected chi connectivity index (χ1v) is 5.08. The van der Waals surface area contributed by atoms with Crippen molar-refractivity contribution in [3.8, 4) is 5.75 Å². The maximum Gasteiger partial charge on any atom is 0.139 e. The van der Waals surface area contributed by atoms with Crippen molar-refractivity contribution < 1.29 is 9.47 Å². The molecule has 2 unspecified atom stereocenters. The third-order valence-corrected chi connectivity index (χ3v) is 3.19. The minimum Gasteiger partial charge on any atom is -0.495 e. The highest BCUT2D eigenvalue weighted by atomic mass is 35.5. The van der Waals surface area contributed by atoms with Crippen molar-refractivity contribution in [1.82, 2.24) is 0 Å². The van der Waals surface area contributed by atoms with Crippen LogP contribution in [0.5, 0.6) is 5.75 Å².